The number of H-pyrrole nitrogens is 1. The molecule has 0 saturated carbocycles. The molecule has 130 valence electrons. The molecule has 2 heterocycles. The molecule has 0 radical (unpaired) electrons. The van der Waals surface area contributed by atoms with Crippen LogP contribution in [0.3, 0.4) is 0 Å². The number of aromatic amines is 1. The Morgan fingerprint density at radius 2 is 1.81 bits per heavy atom. The van der Waals surface area contributed by atoms with Crippen molar-refractivity contribution in [3.8, 4) is 16.8 Å². The molecule has 0 bridgehead atoms. The van der Waals surface area contributed by atoms with Gasteiger partial charge in [-0.15, -0.1) is 0 Å². The van der Waals surface area contributed by atoms with Crippen molar-refractivity contribution in [2.24, 2.45) is 0 Å². The van der Waals surface area contributed by atoms with Crippen molar-refractivity contribution in [3.05, 3.63) is 82.5 Å². The molecule has 0 spiro atoms. The standard InChI is InChI=1S/C17H12F2N6O/c18-14-3-6-16(19)12(7-14)10-24-17(26)25(23-22-24)15-4-1-11(2-5-15)13-8-20-21-9-13/h1-9H,10H2,(H,20,21). The van der Waals surface area contributed by atoms with Crippen LogP contribution in [0.5, 0.6) is 0 Å². The second-order valence-electron chi connectivity index (χ2n) is 5.60. The molecule has 4 rings (SSSR count). The highest BCUT2D eigenvalue weighted by Crippen LogP contribution is 2.18. The highest BCUT2D eigenvalue weighted by molar-refractivity contribution is 5.62. The molecule has 0 unspecified atom stereocenters. The third kappa shape index (κ3) is 2.90. The fourth-order valence-electron chi connectivity index (χ4n) is 2.57. The van der Waals surface area contributed by atoms with Gasteiger partial charge in [-0.1, -0.05) is 12.1 Å². The third-order valence-electron chi connectivity index (χ3n) is 3.91. The predicted molar refractivity (Wildman–Crippen MR) is 88.7 cm³/mol. The molecule has 0 atom stereocenters. The Morgan fingerprint density at radius 3 is 2.54 bits per heavy atom. The van der Waals surface area contributed by atoms with Crippen LogP contribution in [0.15, 0.2) is 59.7 Å². The number of tetrazole rings is 1. The van der Waals surface area contributed by atoms with Crippen LogP contribution in [0.4, 0.5) is 8.78 Å². The molecular weight excluding hydrogens is 342 g/mol. The largest absolute Gasteiger partial charge is 0.368 e. The lowest BCUT2D eigenvalue weighted by molar-refractivity contribution is 0.555. The minimum absolute atomic E-state index is 0.0226. The van der Waals surface area contributed by atoms with Gasteiger partial charge in [0.25, 0.3) is 0 Å². The van der Waals surface area contributed by atoms with Gasteiger partial charge < -0.3 is 0 Å². The van der Waals surface area contributed by atoms with E-state index >= 15 is 0 Å². The van der Waals surface area contributed by atoms with Gasteiger partial charge in [-0.2, -0.15) is 14.5 Å². The summed E-state index contributed by atoms with van der Waals surface area (Å²) in [5.41, 5.74) is 1.81. The Morgan fingerprint density at radius 1 is 1.00 bits per heavy atom. The van der Waals surface area contributed by atoms with E-state index in [4.69, 9.17) is 0 Å². The maximum Gasteiger partial charge on any atom is 0.368 e. The van der Waals surface area contributed by atoms with Gasteiger partial charge in [0.15, 0.2) is 0 Å². The number of nitrogens with one attached hydrogen (secondary N) is 1. The smallest absolute Gasteiger partial charge is 0.285 e. The van der Waals surface area contributed by atoms with E-state index < -0.39 is 17.3 Å². The molecule has 2 aromatic heterocycles. The zero-order valence-electron chi connectivity index (χ0n) is 13.3. The van der Waals surface area contributed by atoms with Crippen LogP contribution in [0.25, 0.3) is 16.8 Å². The molecule has 0 amide bonds. The summed E-state index contributed by atoms with van der Waals surface area (Å²) in [4.78, 5) is 12.5. The van der Waals surface area contributed by atoms with Crippen LogP contribution >= 0.6 is 0 Å². The lowest BCUT2D eigenvalue weighted by atomic mass is 10.1. The van der Waals surface area contributed by atoms with Gasteiger partial charge in [0.2, 0.25) is 0 Å². The molecule has 0 aliphatic rings. The summed E-state index contributed by atoms with van der Waals surface area (Å²) in [5.74, 6) is -1.20. The Labute approximate surface area is 145 Å². The average molecular weight is 354 g/mol. The van der Waals surface area contributed by atoms with Gasteiger partial charge in [-0.05, 0) is 46.3 Å². The Bertz CT molecular complexity index is 1100. The molecule has 1 N–H and O–H groups in total. The summed E-state index contributed by atoms with van der Waals surface area (Å²) >= 11 is 0. The number of hydrogen-bond acceptors (Lipinski definition) is 4. The maximum atomic E-state index is 13.8. The quantitative estimate of drug-likeness (QED) is 0.609. The van der Waals surface area contributed by atoms with Crippen molar-refractivity contribution < 1.29 is 8.78 Å². The monoisotopic (exact) mass is 354 g/mol. The van der Waals surface area contributed by atoms with E-state index in [1.807, 2.05) is 12.1 Å². The number of hydrogen-bond donors (Lipinski definition) is 1. The van der Waals surface area contributed by atoms with E-state index in [0.717, 1.165) is 38.7 Å². The van der Waals surface area contributed by atoms with Gasteiger partial charge >= 0.3 is 5.69 Å². The summed E-state index contributed by atoms with van der Waals surface area (Å²) in [5, 5.41) is 14.2. The van der Waals surface area contributed by atoms with Crippen LogP contribution in [0, 0.1) is 11.6 Å². The van der Waals surface area contributed by atoms with E-state index in [1.54, 1.807) is 24.5 Å². The first-order valence-electron chi connectivity index (χ1n) is 7.68. The number of benzene rings is 2. The highest BCUT2D eigenvalue weighted by Gasteiger charge is 2.12. The summed E-state index contributed by atoms with van der Waals surface area (Å²) < 4.78 is 29.1. The number of halogens is 2. The van der Waals surface area contributed by atoms with Gasteiger partial charge in [0.1, 0.15) is 11.6 Å². The van der Waals surface area contributed by atoms with Crippen molar-refractivity contribution in [3.63, 3.8) is 0 Å². The highest BCUT2D eigenvalue weighted by atomic mass is 19.1. The fourth-order valence-corrected chi connectivity index (χ4v) is 2.57. The van der Waals surface area contributed by atoms with Crippen LogP contribution in [0.1, 0.15) is 5.56 Å². The van der Waals surface area contributed by atoms with Crippen LogP contribution in [-0.4, -0.2) is 30.0 Å². The van der Waals surface area contributed by atoms with Crippen LogP contribution in [0.2, 0.25) is 0 Å². The molecule has 0 fully saturated rings. The van der Waals surface area contributed by atoms with E-state index in [1.165, 1.54) is 0 Å². The first kappa shape index (κ1) is 15.9. The third-order valence-corrected chi connectivity index (χ3v) is 3.91. The van der Waals surface area contributed by atoms with Gasteiger partial charge in [0, 0.05) is 17.3 Å². The average Bonchev–Trinajstić information content (AvgIpc) is 3.29. The molecular formula is C17H12F2N6O. The second kappa shape index (κ2) is 6.36. The minimum Gasteiger partial charge on any atom is -0.285 e. The fraction of sp³-hybridized carbons (Fsp3) is 0.0588. The van der Waals surface area contributed by atoms with Gasteiger partial charge in [-0.25, -0.2) is 13.6 Å². The number of nitrogens with zero attached hydrogens (tertiary/aromatic N) is 5. The van der Waals surface area contributed by atoms with E-state index in [0.29, 0.717) is 5.69 Å². The van der Waals surface area contributed by atoms with Crippen molar-refractivity contribution in [1.29, 1.82) is 0 Å². The van der Waals surface area contributed by atoms with Crippen molar-refractivity contribution in [1.82, 2.24) is 30.0 Å². The summed E-state index contributed by atoms with van der Waals surface area (Å²) in [6.45, 7) is -0.213. The van der Waals surface area contributed by atoms with E-state index in [9.17, 15) is 13.6 Å². The lowest BCUT2D eigenvalue weighted by Gasteiger charge is -2.02. The Kier molecular flexibility index (Phi) is 3.88. The normalized spacial score (nSPS) is 11.0. The first-order chi connectivity index (χ1) is 12.6. The van der Waals surface area contributed by atoms with Crippen LogP contribution in [-0.2, 0) is 6.54 Å². The molecule has 0 saturated heterocycles. The lowest BCUT2D eigenvalue weighted by Crippen LogP contribution is -2.25. The molecule has 26 heavy (non-hydrogen) atoms. The van der Waals surface area contributed by atoms with Gasteiger partial charge in [-0.3, -0.25) is 5.10 Å². The number of rotatable bonds is 4. The molecule has 0 aliphatic heterocycles. The van der Waals surface area contributed by atoms with E-state index in [-0.39, 0.29) is 12.1 Å². The molecule has 2 aromatic carbocycles. The van der Waals surface area contributed by atoms with E-state index in [2.05, 4.69) is 20.6 Å². The SMILES string of the molecule is O=c1n(Cc2cc(F)ccc2F)nnn1-c1ccc(-c2cn[nH]c2)cc1. The van der Waals surface area contributed by atoms with Crippen molar-refractivity contribution >= 4 is 0 Å². The Balaban J connectivity index is 1.63. The Hall–Kier alpha value is -3.62. The van der Waals surface area contributed by atoms with Crippen molar-refractivity contribution in [2.45, 2.75) is 6.54 Å². The topological polar surface area (TPSA) is 81.4 Å². The summed E-state index contributed by atoms with van der Waals surface area (Å²) in [7, 11) is 0. The second-order valence-corrected chi connectivity index (χ2v) is 5.60. The molecule has 7 nitrogen and oxygen atoms in total. The zero-order chi connectivity index (χ0) is 18.1. The molecule has 0 aliphatic carbocycles. The first-order valence-corrected chi connectivity index (χ1v) is 7.68. The number of aromatic nitrogens is 6. The summed E-state index contributed by atoms with van der Waals surface area (Å²) in [6.07, 6.45) is 3.44. The molecule has 4 aromatic rings. The molecule has 9 heteroatoms. The zero-order valence-corrected chi connectivity index (χ0v) is 13.3. The predicted octanol–water partition coefficient (Wildman–Crippen LogP) is 2.15. The summed E-state index contributed by atoms with van der Waals surface area (Å²) in [6, 6.07) is 10.1. The maximum absolute atomic E-state index is 13.8. The van der Waals surface area contributed by atoms with Crippen molar-refractivity contribution in [2.75, 3.05) is 0 Å². The minimum atomic E-state index is -0.614. The van der Waals surface area contributed by atoms with Crippen LogP contribution < -0.4 is 5.69 Å². The van der Waals surface area contributed by atoms with Gasteiger partial charge in [0.05, 0.1) is 18.4 Å².